The van der Waals surface area contributed by atoms with Crippen molar-refractivity contribution in [1.82, 2.24) is 0 Å². The van der Waals surface area contributed by atoms with E-state index < -0.39 is 0 Å². The molecule has 0 heterocycles. The number of carbonyl (C=O) groups excluding carboxylic acids is 1. The number of azide groups is 1. The molecule has 6 heteroatoms. The molecule has 0 aliphatic carbocycles. The van der Waals surface area contributed by atoms with Gasteiger partial charge in [-0.3, -0.25) is 4.79 Å². The molecule has 1 unspecified atom stereocenters. The van der Waals surface area contributed by atoms with Crippen molar-refractivity contribution in [3.63, 3.8) is 0 Å². The van der Waals surface area contributed by atoms with Crippen molar-refractivity contribution in [3.05, 3.63) is 43.8 Å². The van der Waals surface area contributed by atoms with E-state index in [4.69, 9.17) is 10.3 Å². The van der Waals surface area contributed by atoms with Crippen LogP contribution in [0, 0.1) is 3.57 Å². The van der Waals surface area contributed by atoms with Gasteiger partial charge < -0.3 is 4.74 Å². The second kappa shape index (κ2) is 9.61. The first-order chi connectivity index (χ1) is 9.69. The molecule has 0 aromatic heterocycles. The Morgan fingerprint density at radius 1 is 1.45 bits per heavy atom. The Balaban J connectivity index is 2.57. The number of halogens is 1. The minimum atomic E-state index is -0.214. The van der Waals surface area contributed by atoms with Crippen LogP contribution in [-0.4, -0.2) is 19.6 Å². The number of benzene rings is 1. The Hall–Kier alpha value is -1.27. The highest BCUT2D eigenvalue weighted by atomic mass is 127. The fourth-order valence-corrected chi connectivity index (χ4v) is 2.61. The van der Waals surface area contributed by atoms with Gasteiger partial charge >= 0.3 is 5.97 Å². The molecule has 1 aromatic rings. The van der Waals surface area contributed by atoms with E-state index in [0.29, 0.717) is 6.54 Å². The number of ether oxygens (including phenoxy) is 1. The first-order valence-corrected chi connectivity index (χ1v) is 7.61. The average molecular weight is 387 g/mol. The number of methoxy groups -OCH3 is 1. The molecule has 0 N–H and O–H groups in total. The molecule has 1 aromatic carbocycles. The monoisotopic (exact) mass is 387 g/mol. The quantitative estimate of drug-likeness (QED) is 0.165. The summed E-state index contributed by atoms with van der Waals surface area (Å²) in [5, 5.41) is 3.50. The van der Waals surface area contributed by atoms with Gasteiger partial charge in [-0.1, -0.05) is 30.1 Å². The van der Waals surface area contributed by atoms with Crippen molar-refractivity contribution in [2.24, 2.45) is 5.11 Å². The van der Waals surface area contributed by atoms with Gasteiger partial charge in [-0.15, -0.1) is 0 Å². The predicted molar refractivity (Wildman–Crippen MR) is 86.4 cm³/mol. The van der Waals surface area contributed by atoms with Crippen LogP contribution in [0.1, 0.15) is 37.2 Å². The third kappa shape index (κ3) is 5.79. The van der Waals surface area contributed by atoms with E-state index in [0.717, 1.165) is 34.8 Å². The molecule has 0 radical (unpaired) electrons. The number of unbranched alkanes of at least 4 members (excludes halogenated alkanes) is 2. The predicted octanol–water partition coefficient (Wildman–Crippen LogP) is 4.42. The molecule has 0 fully saturated rings. The van der Waals surface area contributed by atoms with Crippen LogP contribution in [0.2, 0.25) is 0 Å². The fourth-order valence-electron chi connectivity index (χ4n) is 2.04. The summed E-state index contributed by atoms with van der Waals surface area (Å²) >= 11 is 2.24. The molecular weight excluding hydrogens is 369 g/mol. The Kier molecular flexibility index (Phi) is 8.06. The highest BCUT2D eigenvalue weighted by molar-refractivity contribution is 14.1. The van der Waals surface area contributed by atoms with E-state index in [1.54, 1.807) is 0 Å². The molecule has 0 spiro atoms. The van der Waals surface area contributed by atoms with Crippen LogP contribution in [0.5, 0.6) is 0 Å². The Bertz CT molecular complexity index is 487. The second-order valence-corrected chi connectivity index (χ2v) is 5.68. The summed E-state index contributed by atoms with van der Waals surface area (Å²) in [6.07, 6.45) is 3.45. The number of carbonyl (C=O) groups is 1. The Morgan fingerprint density at radius 3 is 2.90 bits per heavy atom. The van der Waals surface area contributed by atoms with Crippen molar-refractivity contribution in [3.8, 4) is 0 Å². The molecule has 0 saturated heterocycles. The second-order valence-electron chi connectivity index (χ2n) is 4.43. The lowest BCUT2D eigenvalue weighted by Crippen LogP contribution is -2.14. The Morgan fingerprint density at radius 2 is 2.25 bits per heavy atom. The van der Waals surface area contributed by atoms with Crippen molar-refractivity contribution >= 4 is 28.6 Å². The molecule has 0 aliphatic heterocycles. The molecule has 1 rings (SSSR count). The van der Waals surface area contributed by atoms with Gasteiger partial charge in [-0.25, -0.2) is 0 Å². The standard InChI is InChI=1S/C14H18IN3O2/c1-20-14(19)13(8-3-2-4-9-17-18-16)11-6-5-7-12(15)10-11/h5-7,10,13H,2-4,8-9H2,1H3. The molecule has 1 atom stereocenters. The van der Waals surface area contributed by atoms with Gasteiger partial charge in [0, 0.05) is 15.0 Å². The first kappa shape index (κ1) is 16.8. The number of hydrogen-bond acceptors (Lipinski definition) is 3. The topological polar surface area (TPSA) is 75.1 Å². The van der Waals surface area contributed by atoms with Crippen LogP contribution in [0.3, 0.4) is 0 Å². The molecule has 0 bridgehead atoms. The molecule has 20 heavy (non-hydrogen) atoms. The molecule has 108 valence electrons. The largest absolute Gasteiger partial charge is 0.469 e. The van der Waals surface area contributed by atoms with Crippen molar-refractivity contribution in [1.29, 1.82) is 0 Å². The summed E-state index contributed by atoms with van der Waals surface area (Å²) in [6, 6.07) is 7.93. The first-order valence-electron chi connectivity index (χ1n) is 6.53. The fraction of sp³-hybridized carbons (Fsp3) is 0.500. The van der Waals surface area contributed by atoms with Gasteiger partial charge in [0.05, 0.1) is 13.0 Å². The lowest BCUT2D eigenvalue weighted by molar-refractivity contribution is -0.142. The summed E-state index contributed by atoms with van der Waals surface area (Å²) in [6.45, 7) is 0.516. The summed E-state index contributed by atoms with van der Waals surface area (Å²) in [7, 11) is 1.42. The van der Waals surface area contributed by atoms with Gasteiger partial charge in [0.2, 0.25) is 0 Å². The summed E-state index contributed by atoms with van der Waals surface area (Å²) in [5.41, 5.74) is 9.19. The normalized spacial score (nSPS) is 11.5. The zero-order valence-electron chi connectivity index (χ0n) is 11.5. The van der Waals surface area contributed by atoms with Gasteiger partial charge in [-0.2, -0.15) is 0 Å². The Labute approximate surface area is 132 Å². The smallest absolute Gasteiger partial charge is 0.313 e. The zero-order valence-corrected chi connectivity index (χ0v) is 13.6. The highest BCUT2D eigenvalue weighted by Crippen LogP contribution is 2.25. The molecule has 0 amide bonds. The number of nitrogens with zero attached hydrogens (tertiary/aromatic N) is 3. The third-order valence-electron chi connectivity index (χ3n) is 3.05. The van der Waals surface area contributed by atoms with Crippen LogP contribution in [-0.2, 0) is 9.53 Å². The number of rotatable bonds is 8. The minimum Gasteiger partial charge on any atom is -0.469 e. The van der Waals surface area contributed by atoms with Crippen molar-refractivity contribution < 1.29 is 9.53 Å². The van der Waals surface area contributed by atoms with E-state index >= 15 is 0 Å². The van der Waals surface area contributed by atoms with Gasteiger partial charge in [-0.05, 0) is 58.7 Å². The lowest BCUT2D eigenvalue weighted by atomic mass is 9.93. The molecule has 0 aliphatic rings. The highest BCUT2D eigenvalue weighted by Gasteiger charge is 2.20. The van der Waals surface area contributed by atoms with E-state index in [1.807, 2.05) is 24.3 Å². The van der Waals surface area contributed by atoms with E-state index in [-0.39, 0.29) is 11.9 Å². The van der Waals surface area contributed by atoms with Gasteiger partial charge in [0.25, 0.3) is 0 Å². The maximum Gasteiger partial charge on any atom is 0.313 e. The van der Waals surface area contributed by atoms with Gasteiger partial charge in [0.15, 0.2) is 0 Å². The molecular formula is C14H18IN3O2. The van der Waals surface area contributed by atoms with E-state index in [9.17, 15) is 4.79 Å². The zero-order chi connectivity index (χ0) is 14.8. The van der Waals surface area contributed by atoms with Crippen molar-refractivity contribution in [2.75, 3.05) is 13.7 Å². The summed E-state index contributed by atoms with van der Waals surface area (Å²) < 4.78 is 6.00. The lowest BCUT2D eigenvalue weighted by Gasteiger charge is -2.15. The van der Waals surface area contributed by atoms with Crippen molar-refractivity contribution in [2.45, 2.75) is 31.6 Å². The van der Waals surface area contributed by atoms with E-state index in [2.05, 4.69) is 32.6 Å². The third-order valence-corrected chi connectivity index (χ3v) is 3.72. The maximum atomic E-state index is 11.9. The number of hydrogen-bond donors (Lipinski definition) is 0. The van der Waals surface area contributed by atoms with Crippen LogP contribution in [0.25, 0.3) is 10.4 Å². The average Bonchev–Trinajstić information content (AvgIpc) is 2.46. The van der Waals surface area contributed by atoms with E-state index in [1.165, 1.54) is 7.11 Å². The SMILES string of the molecule is COC(=O)C(CCCCCN=[N+]=[N-])c1cccc(I)c1. The summed E-state index contributed by atoms with van der Waals surface area (Å²) in [5.74, 6) is -0.406. The van der Waals surface area contributed by atoms with Gasteiger partial charge in [0.1, 0.15) is 0 Å². The molecule has 0 saturated carbocycles. The van der Waals surface area contributed by atoms with Crippen LogP contribution < -0.4 is 0 Å². The summed E-state index contributed by atoms with van der Waals surface area (Å²) in [4.78, 5) is 14.6. The van der Waals surface area contributed by atoms with Crippen LogP contribution >= 0.6 is 22.6 Å². The van der Waals surface area contributed by atoms with Crippen LogP contribution in [0.4, 0.5) is 0 Å². The van der Waals surface area contributed by atoms with Crippen LogP contribution in [0.15, 0.2) is 29.4 Å². The maximum absolute atomic E-state index is 11.9. The molecule has 5 nitrogen and oxygen atoms in total. The number of esters is 1. The minimum absolute atomic E-state index is 0.193.